The second-order valence-corrected chi connectivity index (χ2v) is 9.64. The zero-order valence-electron chi connectivity index (χ0n) is 20.5. The summed E-state index contributed by atoms with van der Waals surface area (Å²) in [6, 6.07) is 8.08. The van der Waals surface area contributed by atoms with Crippen molar-refractivity contribution in [3.05, 3.63) is 57.3 Å². The summed E-state index contributed by atoms with van der Waals surface area (Å²) in [7, 11) is 0. The summed E-state index contributed by atoms with van der Waals surface area (Å²) >= 11 is 1.40. The number of amides is 1. The first kappa shape index (κ1) is 25.1. The number of nitrogens with one attached hydrogen (secondary N) is 1. The van der Waals surface area contributed by atoms with E-state index in [0.717, 1.165) is 38.0 Å². The third kappa shape index (κ3) is 6.58. The van der Waals surface area contributed by atoms with Gasteiger partial charge in [0.1, 0.15) is 0 Å². The molecule has 0 bridgehead atoms. The number of aromatic nitrogens is 4. The van der Waals surface area contributed by atoms with Gasteiger partial charge in [-0.1, -0.05) is 46.7 Å². The summed E-state index contributed by atoms with van der Waals surface area (Å²) < 4.78 is 5.42. The molecule has 10 heteroatoms. The summed E-state index contributed by atoms with van der Waals surface area (Å²) in [5.41, 5.74) is 3.30. The molecular weight excluding hydrogens is 464 g/mol. The Balaban J connectivity index is 1.18. The topological polar surface area (TPSA) is 108 Å². The predicted octanol–water partition coefficient (Wildman–Crippen LogP) is 2.87. The van der Waals surface area contributed by atoms with Crippen molar-refractivity contribution < 1.29 is 9.32 Å². The van der Waals surface area contributed by atoms with Crippen molar-refractivity contribution in [3.63, 3.8) is 0 Å². The van der Waals surface area contributed by atoms with Crippen LogP contribution >= 0.6 is 11.8 Å². The molecule has 0 radical (unpaired) electrons. The molecule has 0 saturated carbocycles. The van der Waals surface area contributed by atoms with Crippen molar-refractivity contribution in [1.29, 1.82) is 0 Å². The number of rotatable bonds is 9. The van der Waals surface area contributed by atoms with Crippen molar-refractivity contribution in [2.45, 2.75) is 44.7 Å². The van der Waals surface area contributed by atoms with E-state index in [1.807, 2.05) is 49.3 Å². The monoisotopic (exact) mass is 496 g/mol. The van der Waals surface area contributed by atoms with E-state index in [4.69, 9.17) is 4.52 Å². The van der Waals surface area contributed by atoms with Crippen LogP contribution in [0.15, 0.2) is 38.7 Å². The second-order valence-electron chi connectivity index (χ2n) is 8.84. The number of nitrogens with zero attached hydrogens (tertiary/aromatic N) is 5. The number of hydrogen-bond donors (Lipinski definition) is 1. The summed E-state index contributed by atoms with van der Waals surface area (Å²) in [6.45, 7) is 7.89. The molecule has 1 aliphatic rings. The van der Waals surface area contributed by atoms with Crippen LogP contribution in [0.4, 0.5) is 0 Å². The van der Waals surface area contributed by atoms with Crippen LogP contribution in [0, 0.1) is 13.8 Å². The second kappa shape index (κ2) is 11.6. The van der Waals surface area contributed by atoms with Gasteiger partial charge in [0.05, 0.1) is 0 Å². The number of hydrogen-bond acceptors (Lipinski definition) is 8. The van der Waals surface area contributed by atoms with E-state index in [2.05, 4.69) is 25.0 Å². The molecule has 35 heavy (non-hydrogen) atoms. The molecule has 1 N–H and O–H groups in total. The van der Waals surface area contributed by atoms with Gasteiger partial charge in [-0.05, 0) is 39.5 Å². The van der Waals surface area contributed by atoms with Crippen LogP contribution in [-0.2, 0) is 17.6 Å². The van der Waals surface area contributed by atoms with Crippen molar-refractivity contribution in [2.24, 2.45) is 0 Å². The Morgan fingerprint density at radius 3 is 2.51 bits per heavy atom. The first-order valence-corrected chi connectivity index (χ1v) is 13.2. The SMILES string of the molecule is CSc1nc(C)c(CCC(=O)N2CCN(CCCc3nc(-c4ccc(C)cc4)no3)CC2)c(=O)[nH]1. The molecule has 1 fully saturated rings. The average Bonchev–Trinajstić information content (AvgIpc) is 3.33. The Morgan fingerprint density at radius 1 is 1.09 bits per heavy atom. The first-order chi connectivity index (χ1) is 16.9. The predicted molar refractivity (Wildman–Crippen MR) is 136 cm³/mol. The highest BCUT2D eigenvalue weighted by molar-refractivity contribution is 7.98. The lowest BCUT2D eigenvalue weighted by atomic mass is 10.1. The fourth-order valence-electron chi connectivity index (χ4n) is 4.22. The fraction of sp³-hybridized carbons (Fsp3) is 0.480. The summed E-state index contributed by atoms with van der Waals surface area (Å²) in [5.74, 6) is 1.37. The lowest BCUT2D eigenvalue weighted by Gasteiger charge is -2.34. The van der Waals surface area contributed by atoms with E-state index in [-0.39, 0.29) is 11.5 Å². The summed E-state index contributed by atoms with van der Waals surface area (Å²) in [6.07, 6.45) is 4.26. The number of aromatic amines is 1. The molecule has 186 valence electrons. The smallest absolute Gasteiger partial charge is 0.254 e. The number of carbonyl (C=O) groups excluding carboxylic acids is 1. The van der Waals surface area contributed by atoms with Crippen molar-refractivity contribution in [1.82, 2.24) is 29.9 Å². The third-order valence-electron chi connectivity index (χ3n) is 6.35. The van der Waals surface area contributed by atoms with Crippen molar-refractivity contribution >= 4 is 17.7 Å². The number of carbonyl (C=O) groups is 1. The zero-order chi connectivity index (χ0) is 24.8. The molecule has 3 aromatic rings. The number of benzene rings is 1. The van der Waals surface area contributed by atoms with Crippen LogP contribution in [0.5, 0.6) is 0 Å². The van der Waals surface area contributed by atoms with Gasteiger partial charge in [-0.2, -0.15) is 4.98 Å². The highest BCUT2D eigenvalue weighted by Gasteiger charge is 2.21. The van der Waals surface area contributed by atoms with Gasteiger partial charge in [-0.25, -0.2) is 4.98 Å². The number of aryl methyl sites for hydroxylation is 3. The third-order valence-corrected chi connectivity index (χ3v) is 6.93. The van der Waals surface area contributed by atoms with Gasteiger partial charge in [-0.15, -0.1) is 0 Å². The van der Waals surface area contributed by atoms with Crippen LogP contribution in [0.2, 0.25) is 0 Å². The molecule has 0 aliphatic carbocycles. The number of thioether (sulfide) groups is 1. The normalized spacial score (nSPS) is 14.4. The molecule has 0 spiro atoms. The van der Waals surface area contributed by atoms with Gasteiger partial charge < -0.3 is 14.4 Å². The number of piperazine rings is 1. The minimum Gasteiger partial charge on any atom is -0.340 e. The van der Waals surface area contributed by atoms with Crippen LogP contribution in [-0.4, -0.2) is 74.8 Å². The van der Waals surface area contributed by atoms with Gasteiger partial charge in [0.15, 0.2) is 5.16 Å². The molecule has 1 amide bonds. The van der Waals surface area contributed by atoms with Crippen molar-refractivity contribution in [3.8, 4) is 11.4 Å². The molecule has 3 heterocycles. The molecule has 1 saturated heterocycles. The van der Waals surface area contributed by atoms with E-state index < -0.39 is 0 Å². The average molecular weight is 497 g/mol. The number of H-pyrrole nitrogens is 1. The molecule has 1 aromatic carbocycles. The summed E-state index contributed by atoms with van der Waals surface area (Å²) in [4.78, 5) is 40.9. The van der Waals surface area contributed by atoms with Crippen LogP contribution in [0.25, 0.3) is 11.4 Å². The lowest BCUT2D eigenvalue weighted by Crippen LogP contribution is -2.49. The van der Waals surface area contributed by atoms with Gasteiger partial charge in [0, 0.05) is 55.8 Å². The fourth-order valence-corrected chi connectivity index (χ4v) is 4.64. The Morgan fingerprint density at radius 2 is 1.83 bits per heavy atom. The van der Waals surface area contributed by atoms with Crippen molar-refractivity contribution in [2.75, 3.05) is 39.0 Å². The Labute approximate surface area is 209 Å². The minimum atomic E-state index is -0.147. The minimum absolute atomic E-state index is 0.0897. The van der Waals surface area contributed by atoms with E-state index >= 15 is 0 Å². The first-order valence-electron chi connectivity index (χ1n) is 12.0. The molecule has 9 nitrogen and oxygen atoms in total. The molecule has 0 unspecified atom stereocenters. The lowest BCUT2D eigenvalue weighted by molar-refractivity contribution is -0.132. The highest BCUT2D eigenvalue weighted by atomic mass is 32.2. The molecule has 2 aromatic heterocycles. The quantitative estimate of drug-likeness (QED) is 0.356. The maximum absolute atomic E-state index is 12.7. The van der Waals surface area contributed by atoms with Gasteiger partial charge in [0.25, 0.3) is 5.56 Å². The summed E-state index contributed by atoms with van der Waals surface area (Å²) in [5, 5.41) is 4.70. The van der Waals surface area contributed by atoms with Crippen LogP contribution in [0.3, 0.4) is 0 Å². The van der Waals surface area contributed by atoms with E-state index in [9.17, 15) is 9.59 Å². The molecule has 4 rings (SSSR count). The van der Waals surface area contributed by atoms with E-state index in [0.29, 0.717) is 54.1 Å². The maximum Gasteiger partial charge on any atom is 0.254 e. The highest BCUT2D eigenvalue weighted by Crippen LogP contribution is 2.17. The Kier molecular flexibility index (Phi) is 8.35. The standard InChI is InChI=1S/C25H32N6O3S/c1-17-6-8-19(9-7-17)23-27-21(34-29-23)5-4-12-30-13-15-31(16-14-30)22(32)11-10-20-18(2)26-25(35-3)28-24(20)33/h6-9H,4-5,10-16H2,1-3H3,(H,26,28,33). The Bertz CT molecular complexity index is 1200. The molecule has 1 aliphatic heterocycles. The van der Waals surface area contributed by atoms with E-state index in [1.54, 1.807) is 0 Å². The molecule has 0 atom stereocenters. The van der Waals surface area contributed by atoms with Gasteiger partial charge in [0.2, 0.25) is 17.6 Å². The zero-order valence-corrected chi connectivity index (χ0v) is 21.4. The largest absolute Gasteiger partial charge is 0.340 e. The van der Waals surface area contributed by atoms with Gasteiger partial charge >= 0.3 is 0 Å². The van der Waals surface area contributed by atoms with Gasteiger partial charge in [-0.3, -0.25) is 14.5 Å². The Hall–Kier alpha value is -2.98. The molecular formula is C25H32N6O3S. The van der Waals surface area contributed by atoms with E-state index in [1.165, 1.54) is 17.3 Å². The van der Waals surface area contributed by atoms with Crippen LogP contribution < -0.4 is 5.56 Å². The maximum atomic E-state index is 12.7. The van der Waals surface area contributed by atoms with Crippen LogP contribution in [0.1, 0.15) is 35.6 Å².